The van der Waals surface area contributed by atoms with Gasteiger partial charge in [0.2, 0.25) is 0 Å². The first-order chi connectivity index (χ1) is 5.36. The molecule has 11 heavy (non-hydrogen) atoms. The van der Waals surface area contributed by atoms with E-state index in [9.17, 15) is 0 Å². The third-order valence-electron chi connectivity index (χ3n) is 1.81. The number of allylic oxidation sites excluding steroid dienone is 1. The smallest absolute Gasteiger partial charge is 0.0453 e. The van der Waals surface area contributed by atoms with Crippen LogP contribution in [0.5, 0.6) is 0 Å². The second-order valence-electron chi connectivity index (χ2n) is 2.78. The Bertz CT molecular complexity index is 142. The van der Waals surface area contributed by atoms with Crippen molar-refractivity contribution in [2.24, 2.45) is 0 Å². The minimum atomic E-state index is 1.00. The Kier molecular flexibility index (Phi) is 3.23. The van der Waals surface area contributed by atoms with Crippen molar-refractivity contribution in [2.45, 2.75) is 33.1 Å². The Morgan fingerprint density at radius 3 is 2.82 bits per heavy atom. The predicted molar refractivity (Wildman–Crippen MR) is 46.3 cm³/mol. The number of rotatable bonds is 4. The fourth-order valence-electron chi connectivity index (χ4n) is 1.06. The lowest BCUT2D eigenvalue weighted by Gasteiger charge is -2.10. The maximum atomic E-state index is 3.13. The SMILES string of the molecule is CCCCC1=CN(CC)NN1. The zero-order valence-electron chi connectivity index (χ0n) is 7.35. The van der Waals surface area contributed by atoms with Gasteiger partial charge in [0.15, 0.2) is 0 Å². The third-order valence-corrected chi connectivity index (χ3v) is 1.81. The fourth-order valence-corrected chi connectivity index (χ4v) is 1.06. The Balaban J connectivity index is 2.24. The van der Waals surface area contributed by atoms with Crippen LogP contribution in [0.3, 0.4) is 0 Å². The largest absolute Gasteiger partial charge is 0.306 e. The van der Waals surface area contributed by atoms with Gasteiger partial charge in [0.05, 0.1) is 0 Å². The van der Waals surface area contributed by atoms with Gasteiger partial charge < -0.3 is 5.43 Å². The van der Waals surface area contributed by atoms with Crippen molar-refractivity contribution in [3.8, 4) is 0 Å². The van der Waals surface area contributed by atoms with Crippen LogP contribution in [0.25, 0.3) is 0 Å². The number of nitrogens with zero attached hydrogens (tertiary/aromatic N) is 1. The summed E-state index contributed by atoms with van der Waals surface area (Å²) in [6.45, 7) is 5.33. The average molecular weight is 155 g/mol. The first-order valence-electron chi connectivity index (χ1n) is 4.35. The van der Waals surface area contributed by atoms with Crippen molar-refractivity contribution in [3.05, 3.63) is 11.9 Å². The van der Waals surface area contributed by atoms with Crippen LogP contribution in [-0.2, 0) is 0 Å². The molecule has 0 saturated heterocycles. The van der Waals surface area contributed by atoms with E-state index in [1.54, 1.807) is 0 Å². The number of hydrogen-bond donors (Lipinski definition) is 2. The van der Waals surface area contributed by atoms with E-state index in [2.05, 4.69) is 31.0 Å². The quantitative estimate of drug-likeness (QED) is 0.642. The van der Waals surface area contributed by atoms with Crippen molar-refractivity contribution in [2.75, 3.05) is 6.54 Å². The van der Waals surface area contributed by atoms with Crippen LogP contribution in [0.2, 0.25) is 0 Å². The fraction of sp³-hybridized carbons (Fsp3) is 0.750. The molecule has 0 fully saturated rings. The number of unbranched alkanes of at least 4 members (excludes halogenated alkanes) is 1. The number of hydrogen-bond acceptors (Lipinski definition) is 3. The van der Waals surface area contributed by atoms with Gasteiger partial charge in [-0.05, 0) is 19.8 Å². The molecule has 0 aromatic heterocycles. The van der Waals surface area contributed by atoms with Gasteiger partial charge in [0.25, 0.3) is 0 Å². The molecule has 0 aliphatic carbocycles. The van der Waals surface area contributed by atoms with Crippen LogP contribution < -0.4 is 11.0 Å². The monoisotopic (exact) mass is 155 g/mol. The summed E-state index contributed by atoms with van der Waals surface area (Å²) in [5.74, 6) is 0. The lowest BCUT2D eigenvalue weighted by molar-refractivity contribution is 0.284. The molecule has 0 atom stereocenters. The van der Waals surface area contributed by atoms with Gasteiger partial charge in [-0.15, -0.1) is 5.53 Å². The molecule has 0 aromatic rings. The Morgan fingerprint density at radius 2 is 2.27 bits per heavy atom. The van der Waals surface area contributed by atoms with Crippen LogP contribution >= 0.6 is 0 Å². The van der Waals surface area contributed by atoms with Crippen molar-refractivity contribution in [1.29, 1.82) is 0 Å². The van der Waals surface area contributed by atoms with Gasteiger partial charge in [0.1, 0.15) is 0 Å². The highest BCUT2D eigenvalue weighted by atomic mass is 15.7. The van der Waals surface area contributed by atoms with Crippen LogP contribution in [0.4, 0.5) is 0 Å². The summed E-state index contributed by atoms with van der Waals surface area (Å²) >= 11 is 0. The van der Waals surface area contributed by atoms with Crippen molar-refractivity contribution >= 4 is 0 Å². The topological polar surface area (TPSA) is 27.3 Å². The van der Waals surface area contributed by atoms with Crippen LogP contribution in [0.1, 0.15) is 33.1 Å². The molecule has 0 amide bonds. The Hall–Kier alpha value is -0.700. The average Bonchev–Trinajstić information content (AvgIpc) is 2.48. The Labute approximate surface area is 68.4 Å². The van der Waals surface area contributed by atoms with Crippen LogP contribution in [0.15, 0.2) is 11.9 Å². The summed E-state index contributed by atoms with van der Waals surface area (Å²) < 4.78 is 0. The molecule has 3 heteroatoms. The predicted octanol–water partition coefficient (Wildman–Crippen LogP) is 1.36. The molecule has 0 bridgehead atoms. The van der Waals surface area contributed by atoms with Gasteiger partial charge in [-0.3, -0.25) is 5.01 Å². The minimum absolute atomic E-state index is 1.00. The highest BCUT2D eigenvalue weighted by molar-refractivity contribution is 5.00. The van der Waals surface area contributed by atoms with Gasteiger partial charge in [0, 0.05) is 18.4 Å². The molecule has 0 unspecified atom stereocenters. The number of nitrogens with one attached hydrogen (secondary N) is 2. The van der Waals surface area contributed by atoms with Crippen molar-refractivity contribution in [1.82, 2.24) is 16.0 Å². The zero-order valence-corrected chi connectivity index (χ0v) is 7.35. The molecule has 3 nitrogen and oxygen atoms in total. The molecule has 0 spiro atoms. The molecule has 1 heterocycles. The van der Waals surface area contributed by atoms with Crippen LogP contribution in [0, 0.1) is 0 Å². The van der Waals surface area contributed by atoms with Gasteiger partial charge in [-0.25, -0.2) is 0 Å². The van der Waals surface area contributed by atoms with Gasteiger partial charge in [-0.2, -0.15) is 0 Å². The third kappa shape index (κ3) is 2.42. The van der Waals surface area contributed by atoms with Crippen molar-refractivity contribution in [3.63, 3.8) is 0 Å². The maximum Gasteiger partial charge on any atom is 0.0453 e. The molecule has 64 valence electrons. The molecular formula is C8H17N3. The zero-order chi connectivity index (χ0) is 8.10. The summed E-state index contributed by atoms with van der Waals surface area (Å²) in [6, 6.07) is 0. The lowest BCUT2D eigenvalue weighted by atomic mass is 10.2. The molecule has 0 radical (unpaired) electrons. The summed E-state index contributed by atoms with van der Waals surface area (Å²) in [6.07, 6.45) is 5.80. The first kappa shape index (κ1) is 8.40. The summed E-state index contributed by atoms with van der Waals surface area (Å²) in [5.41, 5.74) is 7.49. The molecule has 1 rings (SSSR count). The van der Waals surface area contributed by atoms with E-state index < -0.39 is 0 Å². The Morgan fingerprint density at radius 1 is 1.45 bits per heavy atom. The highest BCUT2D eigenvalue weighted by Gasteiger charge is 2.06. The second kappa shape index (κ2) is 4.23. The van der Waals surface area contributed by atoms with Crippen LogP contribution in [-0.4, -0.2) is 11.6 Å². The summed E-state index contributed by atoms with van der Waals surface area (Å²) in [7, 11) is 0. The van der Waals surface area contributed by atoms with E-state index in [0.29, 0.717) is 0 Å². The van der Waals surface area contributed by atoms with E-state index in [1.807, 2.05) is 5.01 Å². The molecule has 0 aromatic carbocycles. The highest BCUT2D eigenvalue weighted by Crippen LogP contribution is 2.07. The van der Waals surface area contributed by atoms with E-state index >= 15 is 0 Å². The second-order valence-corrected chi connectivity index (χ2v) is 2.78. The van der Waals surface area contributed by atoms with Crippen molar-refractivity contribution < 1.29 is 0 Å². The van der Waals surface area contributed by atoms with Gasteiger partial charge in [-0.1, -0.05) is 13.3 Å². The lowest BCUT2D eigenvalue weighted by Crippen LogP contribution is -2.36. The standard InChI is InChI=1S/C8H17N3/c1-3-5-6-8-7-11(4-2)10-9-8/h7,9-10H,3-6H2,1-2H3. The van der Waals surface area contributed by atoms with E-state index in [-0.39, 0.29) is 0 Å². The first-order valence-corrected chi connectivity index (χ1v) is 4.35. The molecule has 0 saturated carbocycles. The summed E-state index contributed by atoms with van der Waals surface area (Å²) in [4.78, 5) is 0. The summed E-state index contributed by atoms with van der Waals surface area (Å²) in [5, 5.41) is 2.05. The molecule has 1 aliphatic heterocycles. The maximum absolute atomic E-state index is 3.13. The van der Waals surface area contributed by atoms with Gasteiger partial charge >= 0.3 is 0 Å². The van der Waals surface area contributed by atoms with E-state index in [4.69, 9.17) is 0 Å². The number of hydrazine groups is 2. The normalized spacial score (nSPS) is 16.5. The minimum Gasteiger partial charge on any atom is -0.306 e. The van der Waals surface area contributed by atoms with E-state index in [0.717, 1.165) is 13.0 Å². The molecule has 2 N–H and O–H groups in total. The van der Waals surface area contributed by atoms with E-state index in [1.165, 1.54) is 18.5 Å². The molecular weight excluding hydrogens is 138 g/mol. The molecule has 1 aliphatic rings.